The number of aryl methyl sites for hydroxylation is 1. The fourth-order valence-electron chi connectivity index (χ4n) is 3.33. The van der Waals surface area contributed by atoms with Gasteiger partial charge in [-0.2, -0.15) is 5.10 Å². The number of likely N-dealkylation sites (tertiary alicyclic amines) is 1. The Balaban J connectivity index is 1.61. The highest BCUT2D eigenvalue weighted by atomic mass is 16.5. The first-order valence-corrected chi connectivity index (χ1v) is 8.61. The summed E-state index contributed by atoms with van der Waals surface area (Å²) in [5.74, 6) is -0.528. The predicted octanol–water partition coefficient (Wildman–Crippen LogP) is 2.55. The number of rotatable bonds is 6. The minimum absolute atomic E-state index is 0.440. The van der Waals surface area contributed by atoms with E-state index in [-0.39, 0.29) is 0 Å². The van der Waals surface area contributed by atoms with Gasteiger partial charge in [0.2, 0.25) is 0 Å². The standard InChI is InChI=1S/C19H24N4O2/c1-15-13-20-23(14-15)12-11-22-10-2-3-18(22)17-7-4-16(5-8-17)6-9-19(24)21-25/h4-9,13-14,18,25H,2-3,10-12H2,1H3,(H,21,24). The molecule has 0 aliphatic carbocycles. The van der Waals surface area contributed by atoms with Crippen molar-refractivity contribution in [2.24, 2.45) is 0 Å². The second kappa shape index (κ2) is 8.09. The number of amides is 1. The Hall–Kier alpha value is -2.44. The Morgan fingerprint density at radius 2 is 2.16 bits per heavy atom. The molecule has 1 amide bonds. The molecule has 0 bridgehead atoms. The smallest absolute Gasteiger partial charge is 0.267 e. The maximum atomic E-state index is 11.0. The molecule has 2 heterocycles. The van der Waals surface area contributed by atoms with Crippen LogP contribution < -0.4 is 5.48 Å². The molecule has 25 heavy (non-hydrogen) atoms. The van der Waals surface area contributed by atoms with Crippen LogP contribution in [0.1, 0.15) is 35.6 Å². The fraction of sp³-hybridized carbons (Fsp3) is 0.368. The summed E-state index contributed by atoms with van der Waals surface area (Å²) in [6, 6.07) is 8.69. The van der Waals surface area contributed by atoms with E-state index in [4.69, 9.17) is 5.21 Å². The van der Waals surface area contributed by atoms with E-state index in [1.165, 1.54) is 30.0 Å². The van der Waals surface area contributed by atoms with Crippen molar-refractivity contribution in [2.45, 2.75) is 32.4 Å². The fourth-order valence-corrected chi connectivity index (χ4v) is 3.33. The summed E-state index contributed by atoms with van der Waals surface area (Å²) in [5, 5.41) is 12.9. The van der Waals surface area contributed by atoms with Gasteiger partial charge in [0.15, 0.2) is 0 Å². The van der Waals surface area contributed by atoms with Gasteiger partial charge in [-0.3, -0.25) is 19.6 Å². The molecule has 1 aliphatic heterocycles. The van der Waals surface area contributed by atoms with Gasteiger partial charge in [0.05, 0.1) is 12.7 Å². The molecule has 1 aromatic carbocycles. The molecule has 1 saturated heterocycles. The van der Waals surface area contributed by atoms with Crippen molar-refractivity contribution >= 4 is 12.0 Å². The quantitative estimate of drug-likeness (QED) is 0.482. The van der Waals surface area contributed by atoms with Gasteiger partial charge in [-0.15, -0.1) is 0 Å². The third-order valence-corrected chi connectivity index (χ3v) is 4.60. The van der Waals surface area contributed by atoms with Crippen molar-refractivity contribution in [2.75, 3.05) is 13.1 Å². The number of benzene rings is 1. The zero-order valence-electron chi connectivity index (χ0n) is 14.4. The largest absolute Gasteiger partial charge is 0.294 e. The molecule has 132 valence electrons. The second-order valence-electron chi connectivity index (χ2n) is 6.45. The molecular formula is C19H24N4O2. The third-order valence-electron chi connectivity index (χ3n) is 4.60. The molecule has 1 aliphatic rings. The number of nitrogens with zero attached hydrogens (tertiary/aromatic N) is 3. The maximum Gasteiger partial charge on any atom is 0.267 e. The predicted molar refractivity (Wildman–Crippen MR) is 95.9 cm³/mol. The van der Waals surface area contributed by atoms with Crippen LogP contribution >= 0.6 is 0 Å². The Morgan fingerprint density at radius 1 is 1.36 bits per heavy atom. The highest BCUT2D eigenvalue weighted by Gasteiger charge is 2.25. The first-order chi connectivity index (χ1) is 12.2. The number of hydrogen-bond acceptors (Lipinski definition) is 4. The summed E-state index contributed by atoms with van der Waals surface area (Å²) in [5.41, 5.74) is 5.02. The van der Waals surface area contributed by atoms with Gasteiger partial charge in [0.25, 0.3) is 5.91 Å². The van der Waals surface area contributed by atoms with Crippen LogP contribution in [0.3, 0.4) is 0 Å². The van der Waals surface area contributed by atoms with Crippen molar-refractivity contribution in [3.63, 3.8) is 0 Å². The van der Waals surface area contributed by atoms with Crippen molar-refractivity contribution < 1.29 is 10.0 Å². The van der Waals surface area contributed by atoms with Crippen LogP contribution in [0.4, 0.5) is 0 Å². The van der Waals surface area contributed by atoms with Crippen molar-refractivity contribution in [1.82, 2.24) is 20.2 Å². The molecule has 0 saturated carbocycles. The molecule has 0 radical (unpaired) electrons. The normalized spacial score (nSPS) is 18.1. The number of carbonyl (C=O) groups is 1. The molecule has 6 nitrogen and oxygen atoms in total. The minimum Gasteiger partial charge on any atom is -0.294 e. The summed E-state index contributed by atoms with van der Waals surface area (Å²) >= 11 is 0. The average molecular weight is 340 g/mol. The van der Waals surface area contributed by atoms with Crippen molar-refractivity contribution in [1.29, 1.82) is 0 Å². The van der Waals surface area contributed by atoms with E-state index in [0.29, 0.717) is 6.04 Å². The molecule has 1 fully saturated rings. The molecule has 1 atom stereocenters. The molecule has 2 aromatic rings. The van der Waals surface area contributed by atoms with E-state index in [0.717, 1.165) is 25.2 Å². The SMILES string of the molecule is Cc1cnn(CCN2CCCC2c2ccc(C=CC(=O)NO)cc2)c1. The van der Waals surface area contributed by atoms with Gasteiger partial charge < -0.3 is 0 Å². The number of hydrogen-bond donors (Lipinski definition) is 2. The molecule has 0 spiro atoms. The Bertz CT molecular complexity index is 736. The van der Waals surface area contributed by atoms with E-state index in [1.54, 1.807) is 11.6 Å². The second-order valence-corrected chi connectivity index (χ2v) is 6.45. The minimum atomic E-state index is -0.528. The van der Waals surface area contributed by atoms with Crippen LogP contribution in [0.15, 0.2) is 42.7 Å². The maximum absolute atomic E-state index is 11.0. The molecule has 1 aromatic heterocycles. The molecule has 3 rings (SSSR count). The van der Waals surface area contributed by atoms with Crippen LogP contribution in [-0.2, 0) is 11.3 Å². The topological polar surface area (TPSA) is 70.4 Å². The summed E-state index contributed by atoms with van der Waals surface area (Å²) < 4.78 is 2.00. The molecule has 6 heteroatoms. The lowest BCUT2D eigenvalue weighted by atomic mass is 10.0. The van der Waals surface area contributed by atoms with Crippen LogP contribution in [0, 0.1) is 6.92 Å². The van der Waals surface area contributed by atoms with Gasteiger partial charge in [-0.05, 0) is 49.1 Å². The van der Waals surface area contributed by atoms with E-state index in [9.17, 15) is 4.79 Å². The summed E-state index contributed by atoms with van der Waals surface area (Å²) in [7, 11) is 0. The first-order valence-electron chi connectivity index (χ1n) is 8.61. The summed E-state index contributed by atoms with van der Waals surface area (Å²) in [6.07, 6.45) is 9.34. The van der Waals surface area contributed by atoms with E-state index >= 15 is 0 Å². The van der Waals surface area contributed by atoms with E-state index in [2.05, 4.69) is 35.3 Å². The van der Waals surface area contributed by atoms with Crippen molar-refractivity contribution in [3.05, 3.63) is 59.4 Å². The zero-order chi connectivity index (χ0) is 17.6. The Kier molecular flexibility index (Phi) is 5.63. The summed E-state index contributed by atoms with van der Waals surface area (Å²) in [6.45, 7) is 5.07. The van der Waals surface area contributed by atoms with Gasteiger partial charge in [-0.25, -0.2) is 5.48 Å². The van der Waals surface area contributed by atoms with Gasteiger partial charge in [-0.1, -0.05) is 24.3 Å². The van der Waals surface area contributed by atoms with Crippen LogP contribution in [0.25, 0.3) is 6.08 Å². The van der Waals surface area contributed by atoms with Crippen LogP contribution in [0.5, 0.6) is 0 Å². The number of carbonyl (C=O) groups excluding carboxylic acids is 1. The summed E-state index contributed by atoms with van der Waals surface area (Å²) in [4.78, 5) is 13.5. The van der Waals surface area contributed by atoms with Crippen molar-refractivity contribution in [3.8, 4) is 0 Å². The first kappa shape index (κ1) is 17.4. The zero-order valence-corrected chi connectivity index (χ0v) is 14.4. The highest BCUT2D eigenvalue weighted by molar-refractivity contribution is 5.90. The van der Waals surface area contributed by atoms with E-state index < -0.39 is 5.91 Å². The molecule has 2 N–H and O–H groups in total. The number of aromatic nitrogens is 2. The van der Waals surface area contributed by atoms with Gasteiger partial charge in [0.1, 0.15) is 0 Å². The average Bonchev–Trinajstić information content (AvgIpc) is 3.27. The molecular weight excluding hydrogens is 316 g/mol. The lowest BCUT2D eigenvalue weighted by Gasteiger charge is -2.24. The monoisotopic (exact) mass is 340 g/mol. The Morgan fingerprint density at radius 3 is 2.84 bits per heavy atom. The Labute approximate surface area is 147 Å². The number of nitrogens with one attached hydrogen (secondary N) is 1. The highest BCUT2D eigenvalue weighted by Crippen LogP contribution is 2.31. The third kappa shape index (κ3) is 4.55. The van der Waals surface area contributed by atoms with Gasteiger partial charge >= 0.3 is 0 Å². The van der Waals surface area contributed by atoms with E-state index in [1.807, 2.05) is 23.0 Å². The van der Waals surface area contributed by atoms with Crippen LogP contribution in [-0.4, -0.2) is 38.9 Å². The lowest BCUT2D eigenvalue weighted by molar-refractivity contribution is -0.124. The lowest BCUT2D eigenvalue weighted by Crippen LogP contribution is -2.27. The van der Waals surface area contributed by atoms with Crippen LogP contribution in [0.2, 0.25) is 0 Å². The van der Waals surface area contributed by atoms with Gasteiger partial charge in [0, 0.05) is 24.9 Å². The number of hydroxylamine groups is 1. The molecule has 1 unspecified atom stereocenters.